The summed E-state index contributed by atoms with van der Waals surface area (Å²) < 4.78 is 24.5. The lowest BCUT2D eigenvalue weighted by Crippen LogP contribution is -2.55. The predicted octanol–water partition coefficient (Wildman–Crippen LogP) is 2.52. The fraction of sp³-hybridized carbons (Fsp3) is 0.500. The van der Waals surface area contributed by atoms with Crippen LogP contribution < -0.4 is 10.2 Å². The predicted molar refractivity (Wildman–Crippen MR) is 82.5 cm³/mol. The monoisotopic (exact) mass is 324 g/mol. The van der Waals surface area contributed by atoms with Gasteiger partial charge < -0.3 is 14.4 Å². The van der Waals surface area contributed by atoms with E-state index in [0.29, 0.717) is 5.69 Å². The maximum atomic E-state index is 13.7. The molecule has 126 valence electrons. The number of anilines is 1. The van der Waals surface area contributed by atoms with Crippen molar-refractivity contribution < 1.29 is 23.5 Å². The number of nitrogens with one attached hydrogen (secondary N) is 1. The number of hydrogen-bond donors (Lipinski definition) is 1. The molecule has 0 saturated carbocycles. The Morgan fingerprint density at radius 1 is 1.39 bits per heavy atom. The summed E-state index contributed by atoms with van der Waals surface area (Å²) in [5, 5.41) is 2.47. The van der Waals surface area contributed by atoms with Crippen molar-refractivity contribution in [2.24, 2.45) is 0 Å². The highest BCUT2D eigenvalue weighted by atomic mass is 19.1. The van der Waals surface area contributed by atoms with Crippen LogP contribution in [-0.4, -0.2) is 31.3 Å². The number of fused-ring (bicyclic) bond motifs is 1. The molecule has 1 atom stereocenters. The Morgan fingerprint density at radius 3 is 2.61 bits per heavy atom. The third kappa shape index (κ3) is 3.14. The van der Waals surface area contributed by atoms with E-state index in [-0.39, 0.29) is 12.2 Å². The molecular weight excluding hydrogens is 303 g/mol. The molecule has 6 nitrogen and oxygen atoms in total. The molecule has 2 rings (SSSR count). The van der Waals surface area contributed by atoms with Gasteiger partial charge in [0.1, 0.15) is 11.4 Å². The van der Waals surface area contributed by atoms with Crippen molar-refractivity contribution in [2.45, 2.75) is 39.0 Å². The standard InChI is InChI=1S/C16H21FN2O4/c1-6-22-16(18-14(21)23-15(2,3)4)11-9-10(17)7-8-12(11)19(5)13(16)20/h7-9H,6H2,1-5H3,(H,18,21)/t16-/m1/s1. The SMILES string of the molecule is CCO[C@@]1(NC(=O)OC(C)(C)C)C(=O)N(C)c2ccc(F)cc21. The van der Waals surface area contributed by atoms with Gasteiger partial charge in [-0.05, 0) is 45.9 Å². The van der Waals surface area contributed by atoms with E-state index in [9.17, 15) is 14.0 Å². The molecule has 1 aliphatic rings. The summed E-state index contributed by atoms with van der Waals surface area (Å²) in [5.74, 6) is -1.03. The van der Waals surface area contributed by atoms with E-state index in [2.05, 4.69) is 5.32 Å². The van der Waals surface area contributed by atoms with Gasteiger partial charge in [-0.3, -0.25) is 10.1 Å². The van der Waals surface area contributed by atoms with E-state index in [1.165, 1.54) is 30.1 Å². The Morgan fingerprint density at radius 2 is 2.04 bits per heavy atom. The highest BCUT2D eigenvalue weighted by Gasteiger charge is 2.53. The lowest BCUT2D eigenvalue weighted by Gasteiger charge is -2.30. The molecule has 0 saturated heterocycles. The maximum Gasteiger partial charge on any atom is 0.410 e. The number of benzene rings is 1. The van der Waals surface area contributed by atoms with Gasteiger partial charge in [0.05, 0.1) is 5.69 Å². The first-order valence-corrected chi connectivity index (χ1v) is 7.34. The van der Waals surface area contributed by atoms with Crippen molar-refractivity contribution in [2.75, 3.05) is 18.6 Å². The van der Waals surface area contributed by atoms with E-state index in [4.69, 9.17) is 9.47 Å². The Kier molecular flexibility index (Phi) is 4.34. The summed E-state index contributed by atoms with van der Waals surface area (Å²) in [6.07, 6.45) is -0.815. The second-order valence-corrected chi connectivity index (χ2v) is 6.27. The quantitative estimate of drug-likeness (QED) is 0.868. The van der Waals surface area contributed by atoms with Crippen LogP contribution in [0.15, 0.2) is 18.2 Å². The van der Waals surface area contributed by atoms with Gasteiger partial charge >= 0.3 is 6.09 Å². The Labute approximate surface area is 134 Å². The molecule has 0 spiro atoms. The summed E-state index contributed by atoms with van der Waals surface area (Å²) in [6.45, 7) is 6.94. The van der Waals surface area contributed by atoms with Gasteiger partial charge in [-0.25, -0.2) is 9.18 Å². The average Bonchev–Trinajstić information content (AvgIpc) is 2.60. The Bertz CT molecular complexity index is 641. The largest absolute Gasteiger partial charge is 0.444 e. The number of hydrogen-bond acceptors (Lipinski definition) is 4. The summed E-state index contributed by atoms with van der Waals surface area (Å²) in [4.78, 5) is 26.2. The first kappa shape index (κ1) is 17.2. The molecule has 7 heteroatoms. The third-order valence-corrected chi connectivity index (χ3v) is 3.34. The minimum atomic E-state index is -1.79. The van der Waals surface area contributed by atoms with E-state index in [1.54, 1.807) is 27.7 Å². The molecule has 1 aromatic rings. The number of halogens is 1. The van der Waals surface area contributed by atoms with Gasteiger partial charge in [0, 0.05) is 19.2 Å². The number of nitrogens with zero attached hydrogens (tertiary/aromatic N) is 1. The minimum Gasteiger partial charge on any atom is -0.444 e. The lowest BCUT2D eigenvalue weighted by atomic mass is 10.0. The molecule has 2 amide bonds. The van der Waals surface area contributed by atoms with Crippen LogP contribution in [0.2, 0.25) is 0 Å². The summed E-state index contributed by atoms with van der Waals surface area (Å²) in [6, 6.07) is 3.90. The molecule has 1 aromatic carbocycles. The molecule has 1 N–H and O–H groups in total. The Balaban J connectivity index is 2.46. The third-order valence-electron chi connectivity index (χ3n) is 3.34. The summed E-state index contributed by atoms with van der Waals surface area (Å²) in [5.41, 5.74) is -1.81. The normalized spacial score (nSPS) is 20.4. The van der Waals surface area contributed by atoms with Crippen LogP contribution in [0.5, 0.6) is 0 Å². The number of carbonyl (C=O) groups excluding carboxylic acids is 2. The zero-order valence-corrected chi connectivity index (χ0v) is 13.9. The molecule has 1 aliphatic heterocycles. The highest BCUT2D eigenvalue weighted by Crippen LogP contribution is 2.40. The smallest absolute Gasteiger partial charge is 0.410 e. The number of alkyl carbamates (subject to hydrolysis) is 1. The van der Waals surface area contributed by atoms with Crippen molar-refractivity contribution in [3.8, 4) is 0 Å². The first-order chi connectivity index (χ1) is 10.6. The van der Waals surface area contributed by atoms with Crippen molar-refractivity contribution in [1.29, 1.82) is 0 Å². The van der Waals surface area contributed by atoms with Gasteiger partial charge in [0.25, 0.3) is 11.6 Å². The summed E-state index contributed by atoms with van der Waals surface area (Å²) in [7, 11) is 1.54. The topological polar surface area (TPSA) is 67.9 Å². The molecule has 23 heavy (non-hydrogen) atoms. The molecule has 0 fully saturated rings. The van der Waals surface area contributed by atoms with Crippen molar-refractivity contribution in [3.05, 3.63) is 29.6 Å². The molecule has 0 aliphatic carbocycles. The van der Waals surface area contributed by atoms with Crippen LogP contribution in [0.1, 0.15) is 33.3 Å². The average molecular weight is 324 g/mol. The number of ether oxygens (including phenoxy) is 2. The number of carbonyl (C=O) groups is 2. The zero-order chi connectivity index (χ0) is 17.4. The van der Waals surface area contributed by atoms with Crippen LogP contribution in [0.3, 0.4) is 0 Å². The number of amides is 2. The molecule has 0 radical (unpaired) electrons. The minimum absolute atomic E-state index is 0.144. The molecule has 0 aromatic heterocycles. The van der Waals surface area contributed by atoms with E-state index < -0.39 is 29.1 Å². The van der Waals surface area contributed by atoms with Crippen molar-refractivity contribution >= 4 is 17.7 Å². The second-order valence-electron chi connectivity index (χ2n) is 6.27. The maximum absolute atomic E-state index is 13.7. The van der Waals surface area contributed by atoms with Crippen LogP contribution in [0, 0.1) is 5.82 Å². The van der Waals surface area contributed by atoms with E-state index >= 15 is 0 Å². The van der Waals surface area contributed by atoms with Crippen LogP contribution >= 0.6 is 0 Å². The lowest BCUT2D eigenvalue weighted by molar-refractivity contribution is -0.147. The van der Waals surface area contributed by atoms with Crippen molar-refractivity contribution in [3.63, 3.8) is 0 Å². The van der Waals surface area contributed by atoms with Gasteiger partial charge in [0.2, 0.25) is 0 Å². The molecule has 1 heterocycles. The van der Waals surface area contributed by atoms with Crippen molar-refractivity contribution in [1.82, 2.24) is 5.32 Å². The molecule has 0 bridgehead atoms. The second kappa shape index (κ2) is 5.81. The number of rotatable bonds is 3. The number of likely N-dealkylation sites (N-methyl/N-ethyl adjacent to an activating group) is 1. The van der Waals surface area contributed by atoms with Crippen LogP contribution in [0.4, 0.5) is 14.9 Å². The van der Waals surface area contributed by atoms with Gasteiger partial charge in [-0.15, -0.1) is 0 Å². The van der Waals surface area contributed by atoms with E-state index in [1.807, 2.05) is 0 Å². The first-order valence-electron chi connectivity index (χ1n) is 7.34. The van der Waals surface area contributed by atoms with Crippen LogP contribution in [0.25, 0.3) is 0 Å². The fourth-order valence-corrected chi connectivity index (χ4v) is 2.50. The van der Waals surface area contributed by atoms with Gasteiger partial charge in [-0.1, -0.05) is 0 Å². The zero-order valence-electron chi connectivity index (χ0n) is 13.9. The molecule has 0 unspecified atom stereocenters. The fourth-order valence-electron chi connectivity index (χ4n) is 2.50. The summed E-state index contributed by atoms with van der Waals surface area (Å²) >= 11 is 0. The van der Waals surface area contributed by atoms with E-state index in [0.717, 1.165) is 0 Å². The van der Waals surface area contributed by atoms with Crippen LogP contribution in [-0.2, 0) is 20.0 Å². The van der Waals surface area contributed by atoms with Gasteiger partial charge in [-0.2, -0.15) is 0 Å². The highest BCUT2D eigenvalue weighted by molar-refractivity contribution is 6.07. The Hall–Kier alpha value is -2.15. The molecular formula is C16H21FN2O4. The van der Waals surface area contributed by atoms with Gasteiger partial charge in [0.15, 0.2) is 0 Å².